The van der Waals surface area contributed by atoms with E-state index in [-0.39, 0.29) is 11.4 Å². The number of nitrogen functional groups attached to an aromatic ring is 1. The van der Waals surface area contributed by atoms with Gasteiger partial charge in [-0.05, 0) is 0 Å². The smallest absolute Gasteiger partial charge is 0.338 e. The molecule has 0 spiro atoms. The van der Waals surface area contributed by atoms with Crippen LogP contribution in [-0.2, 0) is 0 Å². The third-order valence-corrected chi connectivity index (χ3v) is 1.77. The van der Waals surface area contributed by atoms with Crippen molar-refractivity contribution in [2.45, 2.75) is 0 Å². The minimum absolute atomic E-state index is 0.0131. The van der Waals surface area contributed by atoms with Crippen LogP contribution >= 0.6 is 0 Å². The zero-order valence-electron chi connectivity index (χ0n) is 8.03. The third-order valence-electron chi connectivity index (χ3n) is 1.77. The monoisotopic (exact) mass is 217 g/mol. The summed E-state index contributed by atoms with van der Waals surface area (Å²) < 4.78 is 0. The lowest BCUT2D eigenvalue weighted by Crippen LogP contribution is -2.01. The number of anilines is 1. The predicted molar refractivity (Wildman–Crippen MR) is 54.4 cm³/mol. The molecule has 0 unspecified atom stereocenters. The van der Waals surface area contributed by atoms with Gasteiger partial charge in [-0.2, -0.15) is 0 Å². The maximum atomic E-state index is 10.6. The molecule has 0 bridgehead atoms. The Morgan fingerprint density at radius 1 is 1.00 bits per heavy atom. The quantitative estimate of drug-likeness (QED) is 0.738. The Balaban J connectivity index is 2.34. The summed E-state index contributed by atoms with van der Waals surface area (Å²) in [7, 11) is 0. The van der Waals surface area contributed by atoms with Crippen molar-refractivity contribution in [1.29, 1.82) is 0 Å². The maximum Gasteiger partial charge on any atom is 0.338 e. The molecule has 0 saturated carbocycles. The van der Waals surface area contributed by atoms with E-state index in [1.165, 1.54) is 24.8 Å². The van der Waals surface area contributed by atoms with E-state index in [4.69, 9.17) is 10.8 Å². The summed E-state index contributed by atoms with van der Waals surface area (Å²) in [6.07, 6.45) is 5.25. The Labute approximate surface area is 90.0 Å². The van der Waals surface area contributed by atoms with Crippen molar-refractivity contribution in [3.63, 3.8) is 0 Å². The summed E-state index contributed by atoms with van der Waals surface area (Å²) in [5, 5.41) is 8.65. The highest BCUT2D eigenvalue weighted by Crippen LogP contribution is 2.08. The standard InChI is InChI=1S/C9H7N5O2/c10-6-3-13-8(14-4-6)7-11-1-5(2-12-7)9(15)16/h1-4H,10H2,(H,15,16). The second-order valence-corrected chi connectivity index (χ2v) is 2.94. The first-order valence-corrected chi connectivity index (χ1v) is 4.30. The molecule has 7 nitrogen and oxygen atoms in total. The fourth-order valence-corrected chi connectivity index (χ4v) is 1.01. The van der Waals surface area contributed by atoms with Crippen LogP contribution in [0.1, 0.15) is 10.4 Å². The van der Waals surface area contributed by atoms with Crippen LogP contribution in [0.25, 0.3) is 11.6 Å². The summed E-state index contributed by atoms with van der Waals surface area (Å²) >= 11 is 0. The number of hydrogen-bond acceptors (Lipinski definition) is 6. The number of nitrogens with zero attached hydrogens (tertiary/aromatic N) is 4. The maximum absolute atomic E-state index is 10.6. The van der Waals surface area contributed by atoms with Gasteiger partial charge >= 0.3 is 5.97 Å². The summed E-state index contributed by atoms with van der Waals surface area (Å²) in [6, 6.07) is 0. The fraction of sp³-hybridized carbons (Fsp3) is 0. The van der Waals surface area contributed by atoms with E-state index in [2.05, 4.69) is 19.9 Å². The van der Waals surface area contributed by atoms with Crippen LogP contribution in [0.15, 0.2) is 24.8 Å². The molecular formula is C9H7N5O2. The van der Waals surface area contributed by atoms with Crippen LogP contribution in [-0.4, -0.2) is 31.0 Å². The molecule has 2 aromatic rings. The molecule has 16 heavy (non-hydrogen) atoms. The molecule has 7 heteroatoms. The van der Waals surface area contributed by atoms with Crippen LogP contribution in [0, 0.1) is 0 Å². The number of aromatic nitrogens is 4. The van der Waals surface area contributed by atoms with Crippen molar-refractivity contribution < 1.29 is 9.90 Å². The van der Waals surface area contributed by atoms with Gasteiger partial charge in [0.1, 0.15) is 0 Å². The van der Waals surface area contributed by atoms with E-state index in [0.29, 0.717) is 11.5 Å². The highest BCUT2D eigenvalue weighted by molar-refractivity contribution is 5.86. The van der Waals surface area contributed by atoms with Crippen molar-refractivity contribution in [3.05, 3.63) is 30.4 Å². The molecule has 0 amide bonds. The van der Waals surface area contributed by atoms with Crippen LogP contribution in [0.4, 0.5) is 5.69 Å². The fourth-order valence-electron chi connectivity index (χ4n) is 1.01. The lowest BCUT2D eigenvalue weighted by atomic mass is 10.3. The summed E-state index contributed by atoms with van der Waals surface area (Å²) in [4.78, 5) is 26.1. The van der Waals surface area contributed by atoms with Crippen LogP contribution in [0.2, 0.25) is 0 Å². The minimum atomic E-state index is -1.08. The highest BCUT2D eigenvalue weighted by atomic mass is 16.4. The molecule has 0 atom stereocenters. The van der Waals surface area contributed by atoms with Gasteiger partial charge in [0.2, 0.25) is 0 Å². The zero-order chi connectivity index (χ0) is 11.5. The Kier molecular flexibility index (Phi) is 2.42. The van der Waals surface area contributed by atoms with Crippen LogP contribution < -0.4 is 5.73 Å². The number of rotatable bonds is 2. The van der Waals surface area contributed by atoms with Gasteiger partial charge in [0, 0.05) is 12.4 Å². The van der Waals surface area contributed by atoms with Gasteiger partial charge in [0.25, 0.3) is 0 Å². The van der Waals surface area contributed by atoms with Gasteiger partial charge in [0.05, 0.1) is 23.6 Å². The molecule has 0 aliphatic carbocycles. The summed E-state index contributed by atoms with van der Waals surface area (Å²) in [5.41, 5.74) is 5.87. The van der Waals surface area contributed by atoms with Crippen molar-refractivity contribution in [2.75, 3.05) is 5.73 Å². The van der Waals surface area contributed by atoms with E-state index >= 15 is 0 Å². The molecule has 2 rings (SSSR count). The van der Waals surface area contributed by atoms with Crippen molar-refractivity contribution in [2.24, 2.45) is 0 Å². The molecule has 2 aromatic heterocycles. The summed E-state index contributed by atoms with van der Waals surface area (Å²) in [6.45, 7) is 0. The second kappa shape index (κ2) is 3.89. The predicted octanol–water partition coefficient (Wildman–Crippen LogP) is 0.214. The SMILES string of the molecule is Nc1cnc(-c2ncc(C(=O)O)cn2)nc1. The third kappa shape index (κ3) is 1.92. The number of carboxylic acids is 1. The van der Waals surface area contributed by atoms with Crippen molar-refractivity contribution in [3.8, 4) is 11.6 Å². The van der Waals surface area contributed by atoms with Crippen molar-refractivity contribution in [1.82, 2.24) is 19.9 Å². The topological polar surface area (TPSA) is 115 Å². The van der Waals surface area contributed by atoms with E-state index in [1.54, 1.807) is 0 Å². The Hall–Kier alpha value is -2.57. The van der Waals surface area contributed by atoms with Gasteiger partial charge in [-0.15, -0.1) is 0 Å². The molecule has 0 aromatic carbocycles. The number of nitrogens with two attached hydrogens (primary N) is 1. The molecule has 0 radical (unpaired) electrons. The number of carboxylic acid groups (broad SMARTS) is 1. The molecular weight excluding hydrogens is 210 g/mol. The Morgan fingerprint density at radius 3 is 1.88 bits per heavy atom. The molecule has 0 aliphatic rings. The van der Waals surface area contributed by atoms with Gasteiger partial charge in [0.15, 0.2) is 11.6 Å². The Bertz CT molecular complexity index is 508. The molecule has 0 aliphatic heterocycles. The van der Waals surface area contributed by atoms with Crippen molar-refractivity contribution >= 4 is 11.7 Å². The molecule has 0 saturated heterocycles. The highest BCUT2D eigenvalue weighted by Gasteiger charge is 2.07. The average molecular weight is 217 g/mol. The van der Waals surface area contributed by atoms with Gasteiger partial charge in [-0.25, -0.2) is 24.7 Å². The first-order chi connectivity index (χ1) is 7.66. The zero-order valence-corrected chi connectivity index (χ0v) is 8.03. The van der Waals surface area contributed by atoms with E-state index < -0.39 is 5.97 Å². The first-order valence-electron chi connectivity index (χ1n) is 4.30. The van der Waals surface area contributed by atoms with E-state index in [0.717, 1.165) is 0 Å². The van der Waals surface area contributed by atoms with Crippen LogP contribution in [0.3, 0.4) is 0 Å². The minimum Gasteiger partial charge on any atom is -0.478 e. The van der Waals surface area contributed by atoms with Gasteiger partial charge < -0.3 is 10.8 Å². The Morgan fingerprint density at radius 2 is 1.44 bits per heavy atom. The molecule has 0 fully saturated rings. The average Bonchev–Trinajstić information content (AvgIpc) is 2.30. The van der Waals surface area contributed by atoms with Crippen LogP contribution in [0.5, 0.6) is 0 Å². The summed E-state index contributed by atoms with van der Waals surface area (Å²) in [5.74, 6) is -0.527. The van der Waals surface area contributed by atoms with E-state index in [9.17, 15) is 4.79 Å². The molecule has 2 heterocycles. The number of carbonyl (C=O) groups is 1. The first kappa shape index (κ1) is 9.97. The van der Waals surface area contributed by atoms with Gasteiger partial charge in [-0.3, -0.25) is 0 Å². The molecule has 80 valence electrons. The lowest BCUT2D eigenvalue weighted by Gasteiger charge is -1.98. The van der Waals surface area contributed by atoms with Gasteiger partial charge in [-0.1, -0.05) is 0 Å². The number of hydrogen-bond donors (Lipinski definition) is 2. The largest absolute Gasteiger partial charge is 0.478 e. The van der Waals surface area contributed by atoms with E-state index in [1.807, 2.05) is 0 Å². The second-order valence-electron chi connectivity index (χ2n) is 2.94. The molecule has 3 N–H and O–H groups in total. The lowest BCUT2D eigenvalue weighted by molar-refractivity contribution is 0.0696. The normalized spacial score (nSPS) is 10.0. The number of aromatic carboxylic acids is 1.